The van der Waals surface area contributed by atoms with Gasteiger partial charge >= 0.3 is 0 Å². The van der Waals surface area contributed by atoms with E-state index < -0.39 is 0 Å². The van der Waals surface area contributed by atoms with Gasteiger partial charge in [-0.05, 0) is 35.8 Å². The lowest BCUT2D eigenvalue weighted by atomic mass is 10.0. The fraction of sp³-hybridized carbons (Fsp3) is 0.167. The molecule has 0 aliphatic rings. The van der Waals surface area contributed by atoms with Gasteiger partial charge < -0.3 is 5.32 Å². The molecule has 0 aliphatic carbocycles. The molecule has 1 unspecified atom stereocenters. The summed E-state index contributed by atoms with van der Waals surface area (Å²) in [5, 5.41) is 4.08. The standard InChI is InChI=1S/C18H17Cl2NO/c1-2-17(14-6-4-3-5-7-14)21-18(22)11-9-13-8-10-15(19)12-16(13)20/h3-12,17H,2H2,1H3,(H,21,22)/b11-9+. The van der Waals surface area contributed by atoms with Crippen LogP contribution >= 0.6 is 23.2 Å². The molecule has 0 aliphatic heterocycles. The normalized spacial score (nSPS) is 12.3. The number of carbonyl (C=O) groups is 1. The van der Waals surface area contributed by atoms with Crippen LogP contribution in [0.4, 0.5) is 0 Å². The Kier molecular flexibility index (Phi) is 6.05. The van der Waals surface area contributed by atoms with E-state index in [1.54, 1.807) is 24.3 Å². The molecule has 0 aromatic heterocycles. The molecular weight excluding hydrogens is 317 g/mol. The molecule has 0 radical (unpaired) electrons. The lowest BCUT2D eigenvalue weighted by molar-refractivity contribution is -0.117. The summed E-state index contributed by atoms with van der Waals surface area (Å²) in [4.78, 5) is 12.1. The predicted molar refractivity (Wildman–Crippen MR) is 93.1 cm³/mol. The highest BCUT2D eigenvalue weighted by Gasteiger charge is 2.10. The maximum atomic E-state index is 12.1. The van der Waals surface area contributed by atoms with Gasteiger partial charge in [-0.2, -0.15) is 0 Å². The second kappa shape index (κ2) is 8.02. The van der Waals surface area contributed by atoms with Crippen LogP contribution in [0.2, 0.25) is 10.0 Å². The van der Waals surface area contributed by atoms with Crippen molar-refractivity contribution in [2.75, 3.05) is 0 Å². The quantitative estimate of drug-likeness (QED) is 0.741. The molecule has 0 saturated heterocycles. The number of hydrogen-bond donors (Lipinski definition) is 1. The van der Waals surface area contributed by atoms with E-state index >= 15 is 0 Å². The first-order valence-corrected chi connectivity index (χ1v) is 7.84. The van der Waals surface area contributed by atoms with Crippen molar-refractivity contribution in [1.82, 2.24) is 5.32 Å². The van der Waals surface area contributed by atoms with Crippen molar-refractivity contribution >= 4 is 35.2 Å². The number of amides is 1. The van der Waals surface area contributed by atoms with Gasteiger partial charge in [0.1, 0.15) is 0 Å². The van der Waals surface area contributed by atoms with E-state index in [2.05, 4.69) is 5.32 Å². The summed E-state index contributed by atoms with van der Waals surface area (Å²) in [5.41, 5.74) is 1.85. The molecule has 1 atom stereocenters. The van der Waals surface area contributed by atoms with Crippen LogP contribution in [0.5, 0.6) is 0 Å². The van der Waals surface area contributed by atoms with Crippen molar-refractivity contribution in [3.05, 3.63) is 75.8 Å². The van der Waals surface area contributed by atoms with Gasteiger partial charge in [0, 0.05) is 16.1 Å². The largest absolute Gasteiger partial charge is 0.346 e. The Morgan fingerprint density at radius 1 is 1.18 bits per heavy atom. The smallest absolute Gasteiger partial charge is 0.244 e. The van der Waals surface area contributed by atoms with Gasteiger partial charge in [0.05, 0.1) is 6.04 Å². The van der Waals surface area contributed by atoms with Crippen LogP contribution in [0.3, 0.4) is 0 Å². The SMILES string of the molecule is CCC(NC(=O)/C=C/c1ccc(Cl)cc1Cl)c1ccccc1. The first kappa shape index (κ1) is 16.6. The van der Waals surface area contributed by atoms with Crippen LogP contribution in [0.15, 0.2) is 54.6 Å². The molecule has 2 aromatic carbocycles. The van der Waals surface area contributed by atoms with Crippen molar-refractivity contribution in [3.8, 4) is 0 Å². The number of carbonyl (C=O) groups excluding carboxylic acids is 1. The number of hydrogen-bond acceptors (Lipinski definition) is 1. The van der Waals surface area contributed by atoms with E-state index in [0.717, 1.165) is 17.5 Å². The molecule has 114 valence electrons. The molecule has 0 spiro atoms. The fourth-order valence-electron chi connectivity index (χ4n) is 2.13. The minimum atomic E-state index is -0.151. The fourth-order valence-corrected chi connectivity index (χ4v) is 2.60. The monoisotopic (exact) mass is 333 g/mol. The zero-order valence-corrected chi connectivity index (χ0v) is 13.7. The summed E-state index contributed by atoms with van der Waals surface area (Å²) < 4.78 is 0. The minimum absolute atomic E-state index is 0.000889. The van der Waals surface area contributed by atoms with Crippen molar-refractivity contribution in [1.29, 1.82) is 0 Å². The third kappa shape index (κ3) is 4.62. The van der Waals surface area contributed by atoms with E-state index in [1.807, 2.05) is 37.3 Å². The molecule has 1 amide bonds. The van der Waals surface area contributed by atoms with Crippen molar-refractivity contribution < 1.29 is 4.79 Å². The Bertz CT molecular complexity index is 668. The molecule has 4 heteroatoms. The van der Waals surface area contributed by atoms with Crippen LogP contribution in [-0.4, -0.2) is 5.91 Å². The minimum Gasteiger partial charge on any atom is -0.346 e. The topological polar surface area (TPSA) is 29.1 Å². The first-order valence-electron chi connectivity index (χ1n) is 7.08. The highest BCUT2D eigenvalue weighted by Crippen LogP contribution is 2.22. The lowest BCUT2D eigenvalue weighted by Crippen LogP contribution is -2.26. The summed E-state index contributed by atoms with van der Waals surface area (Å²) >= 11 is 11.9. The second-order valence-electron chi connectivity index (χ2n) is 4.88. The summed E-state index contributed by atoms with van der Waals surface area (Å²) in [6, 6.07) is 15.1. The van der Waals surface area contributed by atoms with E-state index in [4.69, 9.17) is 23.2 Å². The molecule has 0 bridgehead atoms. The van der Waals surface area contributed by atoms with Crippen LogP contribution in [0.25, 0.3) is 6.08 Å². The third-order valence-corrected chi connectivity index (χ3v) is 3.87. The molecule has 2 rings (SSSR count). The Labute approximate surface area is 140 Å². The van der Waals surface area contributed by atoms with Gasteiger partial charge in [-0.25, -0.2) is 0 Å². The molecule has 0 heterocycles. The molecule has 1 N–H and O–H groups in total. The summed E-state index contributed by atoms with van der Waals surface area (Å²) in [7, 11) is 0. The van der Waals surface area contributed by atoms with Crippen molar-refractivity contribution in [2.45, 2.75) is 19.4 Å². The Morgan fingerprint density at radius 3 is 2.55 bits per heavy atom. The number of nitrogens with one attached hydrogen (secondary N) is 1. The molecule has 2 nitrogen and oxygen atoms in total. The maximum absolute atomic E-state index is 12.1. The molecule has 22 heavy (non-hydrogen) atoms. The van der Waals surface area contributed by atoms with Gasteiger partial charge in [-0.1, -0.05) is 66.5 Å². The van der Waals surface area contributed by atoms with Crippen LogP contribution < -0.4 is 5.32 Å². The van der Waals surface area contributed by atoms with Gasteiger partial charge in [-0.15, -0.1) is 0 Å². The average Bonchev–Trinajstić information content (AvgIpc) is 2.52. The first-order chi connectivity index (χ1) is 10.6. The number of halogens is 2. The third-order valence-electron chi connectivity index (χ3n) is 3.30. The Hall–Kier alpha value is -1.77. The summed E-state index contributed by atoms with van der Waals surface area (Å²) in [6.45, 7) is 2.04. The van der Waals surface area contributed by atoms with Gasteiger partial charge in [0.15, 0.2) is 0 Å². The van der Waals surface area contributed by atoms with Crippen molar-refractivity contribution in [2.24, 2.45) is 0 Å². The Morgan fingerprint density at radius 2 is 1.91 bits per heavy atom. The van der Waals surface area contributed by atoms with Crippen LogP contribution in [0, 0.1) is 0 Å². The van der Waals surface area contributed by atoms with Gasteiger partial charge in [0.25, 0.3) is 0 Å². The molecular formula is C18H17Cl2NO. The van der Waals surface area contributed by atoms with E-state index in [9.17, 15) is 4.79 Å². The second-order valence-corrected chi connectivity index (χ2v) is 5.72. The van der Waals surface area contributed by atoms with E-state index in [0.29, 0.717) is 10.0 Å². The molecule has 2 aromatic rings. The van der Waals surface area contributed by atoms with Crippen LogP contribution in [-0.2, 0) is 4.79 Å². The van der Waals surface area contributed by atoms with E-state index in [-0.39, 0.29) is 11.9 Å². The average molecular weight is 334 g/mol. The number of rotatable bonds is 5. The highest BCUT2D eigenvalue weighted by molar-refractivity contribution is 6.35. The van der Waals surface area contributed by atoms with E-state index in [1.165, 1.54) is 6.08 Å². The summed E-state index contributed by atoms with van der Waals surface area (Å²) in [6.07, 6.45) is 4.00. The molecule has 0 fully saturated rings. The van der Waals surface area contributed by atoms with Gasteiger partial charge in [0.2, 0.25) is 5.91 Å². The predicted octanol–water partition coefficient (Wildman–Crippen LogP) is 5.27. The maximum Gasteiger partial charge on any atom is 0.244 e. The molecule has 0 saturated carbocycles. The highest BCUT2D eigenvalue weighted by atomic mass is 35.5. The zero-order chi connectivity index (χ0) is 15.9. The lowest BCUT2D eigenvalue weighted by Gasteiger charge is -2.16. The summed E-state index contributed by atoms with van der Waals surface area (Å²) in [5.74, 6) is -0.151. The van der Waals surface area contributed by atoms with Crippen LogP contribution in [0.1, 0.15) is 30.5 Å². The Balaban J connectivity index is 2.04. The van der Waals surface area contributed by atoms with Crippen molar-refractivity contribution in [3.63, 3.8) is 0 Å². The number of benzene rings is 2. The zero-order valence-electron chi connectivity index (χ0n) is 12.2. The van der Waals surface area contributed by atoms with Gasteiger partial charge in [-0.3, -0.25) is 4.79 Å².